The van der Waals surface area contributed by atoms with E-state index in [1.54, 1.807) is 19.2 Å². The van der Waals surface area contributed by atoms with Crippen molar-refractivity contribution in [3.8, 4) is 11.5 Å². The van der Waals surface area contributed by atoms with Crippen molar-refractivity contribution in [3.05, 3.63) is 58.1 Å². The maximum atomic E-state index is 12.8. The van der Waals surface area contributed by atoms with Gasteiger partial charge in [-0.25, -0.2) is 0 Å². The minimum absolute atomic E-state index is 0.0771. The topological polar surface area (TPSA) is 47.6 Å². The second-order valence-electron chi connectivity index (χ2n) is 6.62. The van der Waals surface area contributed by atoms with Crippen LogP contribution in [0.15, 0.2) is 36.4 Å². The fourth-order valence-corrected chi connectivity index (χ4v) is 3.10. The van der Waals surface area contributed by atoms with Crippen molar-refractivity contribution < 1.29 is 14.3 Å². The van der Waals surface area contributed by atoms with Crippen LogP contribution in [0, 0.1) is 13.8 Å². The zero-order valence-corrected chi connectivity index (χ0v) is 17.4. The summed E-state index contributed by atoms with van der Waals surface area (Å²) in [6.45, 7) is 7.90. The number of hydrogen-bond donors (Lipinski definition) is 1. The van der Waals surface area contributed by atoms with E-state index in [-0.39, 0.29) is 11.9 Å². The highest BCUT2D eigenvalue weighted by molar-refractivity contribution is 6.31. The van der Waals surface area contributed by atoms with Crippen molar-refractivity contribution in [2.75, 3.05) is 7.11 Å². The van der Waals surface area contributed by atoms with Gasteiger partial charge in [0.2, 0.25) is 0 Å². The van der Waals surface area contributed by atoms with E-state index < -0.39 is 6.10 Å². The molecule has 5 heteroatoms. The van der Waals surface area contributed by atoms with Crippen molar-refractivity contribution in [2.45, 2.75) is 52.7 Å². The zero-order valence-electron chi connectivity index (χ0n) is 16.6. The minimum atomic E-state index is -0.557. The first-order valence-electron chi connectivity index (χ1n) is 9.27. The maximum absolute atomic E-state index is 12.8. The van der Waals surface area contributed by atoms with Crippen molar-refractivity contribution >= 4 is 17.5 Å². The Balaban J connectivity index is 2.11. The summed E-state index contributed by atoms with van der Waals surface area (Å²) >= 11 is 6.06. The Morgan fingerprint density at radius 2 is 1.81 bits per heavy atom. The number of halogens is 1. The van der Waals surface area contributed by atoms with E-state index in [4.69, 9.17) is 21.1 Å². The highest BCUT2D eigenvalue weighted by atomic mass is 35.5. The lowest BCUT2D eigenvalue weighted by Gasteiger charge is -2.23. The van der Waals surface area contributed by atoms with Crippen molar-refractivity contribution in [2.24, 2.45) is 0 Å². The number of carbonyl (C=O) groups is 1. The van der Waals surface area contributed by atoms with Gasteiger partial charge in [0, 0.05) is 5.02 Å². The Morgan fingerprint density at radius 1 is 1.07 bits per heavy atom. The van der Waals surface area contributed by atoms with Gasteiger partial charge in [-0.1, -0.05) is 37.6 Å². The van der Waals surface area contributed by atoms with E-state index >= 15 is 0 Å². The molecule has 2 aromatic carbocycles. The summed E-state index contributed by atoms with van der Waals surface area (Å²) in [5, 5.41) is 3.80. The summed E-state index contributed by atoms with van der Waals surface area (Å²) < 4.78 is 11.2. The molecule has 2 rings (SSSR count). The summed E-state index contributed by atoms with van der Waals surface area (Å²) in [7, 11) is 1.66. The largest absolute Gasteiger partial charge is 0.496 e. The molecule has 0 radical (unpaired) electrons. The van der Waals surface area contributed by atoms with Crippen LogP contribution in [0.1, 0.15) is 49.4 Å². The van der Waals surface area contributed by atoms with Crippen LogP contribution in [0.4, 0.5) is 0 Å². The molecule has 0 spiro atoms. The third kappa shape index (κ3) is 5.39. The fraction of sp³-hybridized carbons (Fsp3) is 0.409. The van der Waals surface area contributed by atoms with Gasteiger partial charge in [0.1, 0.15) is 11.5 Å². The molecule has 0 heterocycles. The molecule has 0 saturated carbocycles. The van der Waals surface area contributed by atoms with Crippen LogP contribution in [0.2, 0.25) is 5.02 Å². The Bertz CT molecular complexity index is 791. The highest BCUT2D eigenvalue weighted by Crippen LogP contribution is 2.25. The third-order valence-corrected chi connectivity index (χ3v) is 5.04. The standard InChI is InChI=1S/C22H28ClNO3/c1-6-19(16-8-11-21(26-5)15(4)12-16)24-22(25)20(7-2)27-17-9-10-18(23)14(3)13-17/h8-13,19-20H,6-7H2,1-5H3,(H,24,25)/t19-,20-/m1/s1. The molecule has 1 N–H and O–H groups in total. The van der Waals surface area contributed by atoms with E-state index in [0.29, 0.717) is 17.2 Å². The number of ether oxygens (including phenoxy) is 2. The molecule has 4 nitrogen and oxygen atoms in total. The first-order valence-corrected chi connectivity index (χ1v) is 9.65. The average molecular weight is 390 g/mol. The van der Waals surface area contributed by atoms with Crippen molar-refractivity contribution in [1.82, 2.24) is 5.32 Å². The summed E-state index contributed by atoms with van der Waals surface area (Å²) in [6.07, 6.45) is 0.804. The summed E-state index contributed by atoms with van der Waals surface area (Å²) in [4.78, 5) is 12.8. The highest BCUT2D eigenvalue weighted by Gasteiger charge is 2.22. The molecule has 0 unspecified atom stereocenters. The van der Waals surface area contributed by atoms with Crippen LogP contribution in [0.25, 0.3) is 0 Å². The lowest BCUT2D eigenvalue weighted by molar-refractivity contribution is -0.128. The lowest BCUT2D eigenvalue weighted by Crippen LogP contribution is -2.40. The van der Waals surface area contributed by atoms with Gasteiger partial charge in [-0.05, 0) is 67.6 Å². The predicted molar refractivity (Wildman–Crippen MR) is 110 cm³/mol. The third-order valence-electron chi connectivity index (χ3n) is 4.62. The molecule has 0 aliphatic rings. The minimum Gasteiger partial charge on any atom is -0.496 e. The van der Waals surface area contributed by atoms with E-state index in [0.717, 1.165) is 28.9 Å². The second-order valence-corrected chi connectivity index (χ2v) is 7.03. The van der Waals surface area contributed by atoms with Crippen LogP contribution < -0.4 is 14.8 Å². The summed E-state index contributed by atoms with van der Waals surface area (Å²) in [5.41, 5.74) is 3.02. The monoisotopic (exact) mass is 389 g/mol. The molecule has 0 saturated heterocycles. The van der Waals surface area contributed by atoms with Gasteiger partial charge < -0.3 is 14.8 Å². The van der Waals surface area contributed by atoms with Crippen LogP contribution in [-0.2, 0) is 4.79 Å². The van der Waals surface area contributed by atoms with Crippen LogP contribution in [0.5, 0.6) is 11.5 Å². The number of hydrogen-bond acceptors (Lipinski definition) is 3. The fourth-order valence-electron chi connectivity index (χ4n) is 2.98. The normalized spacial score (nSPS) is 13.0. The first kappa shape index (κ1) is 21.1. The second kappa shape index (κ2) is 9.65. The quantitative estimate of drug-likeness (QED) is 0.658. The Hall–Kier alpha value is -2.20. The molecule has 2 aromatic rings. The average Bonchev–Trinajstić information content (AvgIpc) is 2.66. The number of rotatable bonds is 8. The molecule has 2 atom stereocenters. The van der Waals surface area contributed by atoms with E-state index in [2.05, 4.69) is 18.3 Å². The molecule has 0 fully saturated rings. The van der Waals surface area contributed by atoms with Crippen LogP contribution >= 0.6 is 11.6 Å². The van der Waals surface area contributed by atoms with Gasteiger partial charge >= 0.3 is 0 Å². The van der Waals surface area contributed by atoms with Gasteiger partial charge in [-0.2, -0.15) is 0 Å². The zero-order chi connectivity index (χ0) is 20.0. The number of nitrogens with one attached hydrogen (secondary N) is 1. The maximum Gasteiger partial charge on any atom is 0.261 e. The van der Waals surface area contributed by atoms with E-state index in [1.807, 2.05) is 39.0 Å². The number of carbonyl (C=O) groups excluding carboxylic acids is 1. The smallest absolute Gasteiger partial charge is 0.261 e. The summed E-state index contributed by atoms with van der Waals surface area (Å²) in [5.74, 6) is 1.37. The molecule has 0 aliphatic heterocycles. The van der Waals surface area contributed by atoms with Gasteiger partial charge in [0.25, 0.3) is 5.91 Å². The number of amides is 1. The molecule has 0 aliphatic carbocycles. The van der Waals surface area contributed by atoms with Crippen molar-refractivity contribution in [3.63, 3.8) is 0 Å². The molecule has 0 aromatic heterocycles. The number of benzene rings is 2. The molecule has 27 heavy (non-hydrogen) atoms. The van der Waals surface area contributed by atoms with E-state index in [9.17, 15) is 4.79 Å². The van der Waals surface area contributed by atoms with Gasteiger partial charge in [-0.3, -0.25) is 4.79 Å². The van der Waals surface area contributed by atoms with Crippen molar-refractivity contribution in [1.29, 1.82) is 0 Å². The lowest BCUT2D eigenvalue weighted by atomic mass is 10.0. The molecule has 0 bridgehead atoms. The Morgan fingerprint density at radius 3 is 2.37 bits per heavy atom. The molecule has 1 amide bonds. The number of methoxy groups -OCH3 is 1. The van der Waals surface area contributed by atoms with Crippen LogP contribution in [0.3, 0.4) is 0 Å². The predicted octanol–water partition coefficient (Wildman–Crippen LogP) is 5.39. The molecule has 146 valence electrons. The Kier molecular flexibility index (Phi) is 7.55. The number of aryl methyl sites for hydroxylation is 2. The molecular formula is C22H28ClNO3. The van der Waals surface area contributed by atoms with Gasteiger partial charge in [0.05, 0.1) is 13.2 Å². The van der Waals surface area contributed by atoms with Crippen LogP contribution in [-0.4, -0.2) is 19.1 Å². The first-order chi connectivity index (χ1) is 12.9. The Labute approximate surface area is 166 Å². The van der Waals surface area contributed by atoms with Gasteiger partial charge in [-0.15, -0.1) is 0 Å². The van der Waals surface area contributed by atoms with E-state index in [1.165, 1.54) is 0 Å². The molecular weight excluding hydrogens is 362 g/mol. The summed E-state index contributed by atoms with van der Waals surface area (Å²) in [6, 6.07) is 11.3. The van der Waals surface area contributed by atoms with Gasteiger partial charge in [0.15, 0.2) is 6.10 Å². The SMILES string of the molecule is CC[C@@H](Oc1ccc(Cl)c(C)c1)C(=O)N[C@H](CC)c1ccc(OC)c(C)c1.